The van der Waals surface area contributed by atoms with Gasteiger partial charge in [0, 0.05) is 12.6 Å². The Morgan fingerprint density at radius 2 is 2.07 bits per heavy atom. The molecule has 88 valence electrons. The minimum atomic E-state index is -0.318. The zero-order valence-electron chi connectivity index (χ0n) is 9.79. The van der Waals surface area contributed by atoms with Gasteiger partial charge >= 0.3 is 0 Å². The molecule has 0 saturated carbocycles. The SMILES string of the molecule is CC(C)(C)OC=O.CC1CNCC(=O)N1. The Labute approximate surface area is 90.6 Å². The van der Waals surface area contributed by atoms with Crippen molar-refractivity contribution in [2.75, 3.05) is 13.1 Å². The Kier molecular flexibility index (Phi) is 5.93. The summed E-state index contributed by atoms with van der Waals surface area (Å²) in [7, 11) is 0. The molecular formula is C10H20N2O3. The molecule has 5 heteroatoms. The quantitative estimate of drug-likeness (QED) is 0.608. The lowest BCUT2D eigenvalue weighted by molar-refractivity contribution is -0.138. The second kappa shape index (κ2) is 6.40. The van der Waals surface area contributed by atoms with E-state index >= 15 is 0 Å². The summed E-state index contributed by atoms with van der Waals surface area (Å²) in [5.74, 6) is 0.101. The molecule has 1 heterocycles. The van der Waals surface area contributed by atoms with Crippen LogP contribution in [0.5, 0.6) is 0 Å². The minimum Gasteiger partial charge on any atom is -0.462 e. The Morgan fingerprint density at radius 1 is 1.47 bits per heavy atom. The van der Waals surface area contributed by atoms with E-state index in [0.29, 0.717) is 19.1 Å². The van der Waals surface area contributed by atoms with E-state index in [2.05, 4.69) is 15.4 Å². The number of nitrogens with one attached hydrogen (secondary N) is 2. The van der Waals surface area contributed by atoms with Crippen LogP contribution in [0.25, 0.3) is 0 Å². The standard InChI is InChI=1S/C5H10N2O.C5H10O2/c1-4-2-6-3-5(8)7-4;1-5(2,3)7-4-6/h4,6H,2-3H2,1H3,(H,7,8);4H,1-3H3. The number of ether oxygens (including phenoxy) is 1. The summed E-state index contributed by atoms with van der Waals surface area (Å²) in [5.41, 5.74) is -0.318. The number of hydrogen-bond donors (Lipinski definition) is 2. The minimum absolute atomic E-state index is 0.101. The van der Waals surface area contributed by atoms with Crippen LogP contribution >= 0.6 is 0 Å². The van der Waals surface area contributed by atoms with Gasteiger partial charge < -0.3 is 15.4 Å². The first-order chi connectivity index (χ1) is 6.85. The van der Waals surface area contributed by atoms with E-state index in [1.54, 1.807) is 0 Å². The topological polar surface area (TPSA) is 67.4 Å². The molecule has 0 radical (unpaired) electrons. The third-order valence-corrected chi connectivity index (χ3v) is 1.55. The summed E-state index contributed by atoms with van der Waals surface area (Å²) in [5, 5.41) is 5.75. The molecule has 0 aliphatic carbocycles. The highest BCUT2D eigenvalue weighted by Gasteiger charge is 2.11. The average molecular weight is 216 g/mol. The lowest BCUT2D eigenvalue weighted by Gasteiger charge is -2.19. The zero-order chi connectivity index (χ0) is 11.9. The largest absolute Gasteiger partial charge is 0.462 e. The van der Waals surface area contributed by atoms with Crippen LogP contribution in [0.2, 0.25) is 0 Å². The molecule has 1 saturated heterocycles. The summed E-state index contributed by atoms with van der Waals surface area (Å²) in [6, 6.07) is 0.302. The molecule has 0 spiro atoms. The van der Waals surface area contributed by atoms with Gasteiger partial charge in [0.1, 0.15) is 5.60 Å². The predicted molar refractivity (Wildman–Crippen MR) is 57.4 cm³/mol. The number of piperazine rings is 1. The molecule has 5 nitrogen and oxygen atoms in total. The van der Waals surface area contributed by atoms with Crippen molar-refractivity contribution >= 4 is 12.4 Å². The molecular weight excluding hydrogens is 196 g/mol. The lowest BCUT2D eigenvalue weighted by atomic mass is 10.2. The summed E-state index contributed by atoms with van der Waals surface area (Å²) >= 11 is 0. The smallest absolute Gasteiger partial charge is 0.293 e. The first-order valence-electron chi connectivity index (χ1n) is 4.96. The van der Waals surface area contributed by atoms with Crippen LogP contribution in [-0.4, -0.2) is 37.1 Å². The summed E-state index contributed by atoms with van der Waals surface area (Å²) in [6.07, 6.45) is 0. The fourth-order valence-electron chi connectivity index (χ4n) is 0.923. The highest BCUT2D eigenvalue weighted by Crippen LogP contribution is 2.02. The first-order valence-corrected chi connectivity index (χ1v) is 4.96. The Balaban J connectivity index is 0.000000265. The van der Waals surface area contributed by atoms with Crippen LogP contribution in [0.4, 0.5) is 0 Å². The Hall–Kier alpha value is -1.10. The molecule has 2 N–H and O–H groups in total. The second-order valence-corrected chi connectivity index (χ2v) is 4.43. The van der Waals surface area contributed by atoms with Crippen LogP contribution in [0, 0.1) is 0 Å². The van der Waals surface area contributed by atoms with E-state index < -0.39 is 0 Å². The Bertz CT molecular complexity index is 211. The van der Waals surface area contributed by atoms with Crippen LogP contribution in [0.3, 0.4) is 0 Å². The molecule has 1 aliphatic heterocycles. The van der Waals surface area contributed by atoms with Gasteiger partial charge in [-0.2, -0.15) is 0 Å². The predicted octanol–water partition coefficient (Wildman–Crippen LogP) is 0.0522. The Morgan fingerprint density at radius 3 is 2.27 bits per heavy atom. The van der Waals surface area contributed by atoms with Crippen molar-refractivity contribution in [1.29, 1.82) is 0 Å². The van der Waals surface area contributed by atoms with Crippen molar-refractivity contribution in [2.24, 2.45) is 0 Å². The molecule has 0 aromatic rings. The molecule has 15 heavy (non-hydrogen) atoms. The van der Waals surface area contributed by atoms with E-state index in [9.17, 15) is 9.59 Å². The second-order valence-electron chi connectivity index (χ2n) is 4.43. The van der Waals surface area contributed by atoms with Gasteiger partial charge in [-0.25, -0.2) is 0 Å². The lowest BCUT2D eigenvalue weighted by Crippen LogP contribution is -2.50. The fourth-order valence-corrected chi connectivity index (χ4v) is 0.923. The van der Waals surface area contributed by atoms with Gasteiger partial charge in [0.05, 0.1) is 6.54 Å². The fraction of sp³-hybridized carbons (Fsp3) is 0.800. The maximum atomic E-state index is 10.5. The number of rotatable bonds is 1. The third kappa shape index (κ3) is 9.21. The van der Waals surface area contributed by atoms with E-state index in [0.717, 1.165) is 6.54 Å². The van der Waals surface area contributed by atoms with Crippen LogP contribution in [-0.2, 0) is 14.3 Å². The number of amides is 1. The van der Waals surface area contributed by atoms with Crippen molar-refractivity contribution in [2.45, 2.75) is 39.3 Å². The van der Waals surface area contributed by atoms with Gasteiger partial charge in [-0.15, -0.1) is 0 Å². The van der Waals surface area contributed by atoms with E-state index in [1.807, 2.05) is 27.7 Å². The summed E-state index contributed by atoms with van der Waals surface area (Å²) in [4.78, 5) is 20.1. The molecule has 1 rings (SSSR count). The molecule has 1 aliphatic rings. The van der Waals surface area contributed by atoms with E-state index in [-0.39, 0.29) is 11.5 Å². The van der Waals surface area contributed by atoms with Crippen molar-refractivity contribution in [3.05, 3.63) is 0 Å². The van der Waals surface area contributed by atoms with Gasteiger partial charge in [-0.1, -0.05) is 0 Å². The maximum Gasteiger partial charge on any atom is 0.293 e. The first kappa shape index (κ1) is 13.9. The summed E-state index contributed by atoms with van der Waals surface area (Å²) in [6.45, 7) is 9.27. The number of carbonyl (C=O) groups excluding carboxylic acids is 2. The van der Waals surface area contributed by atoms with Crippen molar-refractivity contribution < 1.29 is 14.3 Å². The van der Waals surface area contributed by atoms with E-state index in [4.69, 9.17) is 0 Å². The van der Waals surface area contributed by atoms with E-state index in [1.165, 1.54) is 0 Å². The molecule has 1 amide bonds. The zero-order valence-corrected chi connectivity index (χ0v) is 9.79. The van der Waals surface area contributed by atoms with Crippen molar-refractivity contribution in [3.63, 3.8) is 0 Å². The van der Waals surface area contributed by atoms with Crippen molar-refractivity contribution in [1.82, 2.24) is 10.6 Å². The highest BCUT2D eigenvalue weighted by atomic mass is 16.5. The van der Waals surface area contributed by atoms with Gasteiger partial charge in [-0.05, 0) is 27.7 Å². The van der Waals surface area contributed by atoms with Crippen LogP contribution < -0.4 is 10.6 Å². The molecule has 1 atom stereocenters. The maximum absolute atomic E-state index is 10.5. The number of hydrogen-bond acceptors (Lipinski definition) is 4. The highest BCUT2D eigenvalue weighted by molar-refractivity contribution is 5.79. The van der Waals surface area contributed by atoms with Gasteiger partial charge in [0.25, 0.3) is 6.47 Å². The number of carbonyl (C=O) groups is 2. The van der Waals surface area contributed by atoms with Crippen LogP contribution in [0.15, 0.2) is 0 Å². The van der Waals surface area contributed by atoms with Gasteiger partial charge in [-0.3, -0.25) is 9.59 Å². The average Bonchev–Trinajstić information content (AvgIpc) is 2.01. The molecule has 1 fully saturated rings. The third-order valence-electron chi connectivity index (χ3n) is 1.55. The molecule has 1 unspecified atom stereocenters. The monoisotopic (exact) mass is 216 g/mol. The summed E-state index contributed by atoms with van der Waals surface area (Å²) < 4.78 is 4.55. The van der Waals surface area contributed by atoms with Gasteiger partial charge in [0.15, 0.2) is 0 Å². The van der Waals surface area contributed by atoms with Crippen LogP contribution in [0.1, 0.15) is 27.7 Å². The molecule has 0 bridgehead atoms. The van der Waals surface area contributed by atoms with Gasteiger partial charge in [0.2, 0.25) is 5.91 Å². The molecule has 0 aromatic heterocycles. The normalized spacial score (nSPS) is 20.8. The van der Waals surface area contributed by atoms with Crippen molar-refractivity contribution in [3.8, 4) is 0 Å². The molecule has 0 aromatic carbocycles.